The van der Waals surface area contributed by atoms with Gasteiger partial charge in [0.2, 0.25) is 0 Å². The van der Waals surface area contributed by atoms with Crippen LogP contribution in [0.2, 0.25) is 0 Å². The number of hydrogen-bond acceptors (Lipinski definition) is 3. The van der Waals surface area contributed by atoms with Gasteiger partial charge in [-0.2, -0.15) is 0 Å². The van der Waals surface area contributed by atoms with Crippen LogP contribution in [-0.2, 0) is 0 Å². The van der Waals surface area contributed by atoms with E-state index in [1.807, 2.05) is 6.92 Å². The van der Waals surface area contributed by atoms with E-state index in [9.17, 15) is 0 Å². The maximum Gasteiger partial charge on any atom is 0.145 e. The number of aryl methyl sites for hydroxylation is 1. The van der Waals surface area contributed by atoms with Crippen molar-refractivity contribution in [2.45, 2.75) is 6.92 Å². The zero-order chi connectivity index (χ0) is 6.15. The minimum absolute atomic E-state index is 0.451. The fourth-order valence-corrected chi connectivity index (χ4v) is 1.07. The van der Waals surface area contributed by atoms with Crippen molar-refractivity contribution in [3.63, 3.8) is 0 Å². The van der Waals surface area contributed by atoms with Gasteiger partial charge < -0.3 is 5.73 Å². The number of aromatic nitrogens is 1. The smallest absolute Gasteiger partial charge is 0.145 e. The number of nitrogen functional groups attached to an aromatic ring is 1. The molecule has 1 heterocycles. The molecule has 0 aliphatic carbocycles. The van der Waals surface area contributed by atoms with Crippen LogP contribution in [0.1, 0.15) is 5.01 Å². The van der Waals surface area contributed by atoms with E-state index in [0.717, 1.165) is 5.01 Å². The molecule has 0 saturated heterocycles. The van der Waals surface area contributed by atoms with Crippen molar-refractivity contribution in [1.29, 1.82) is 0 Å². The van der Waals surface area contributed by atoms with Gasteiger partial charge in [0, 0.05) is 5.59 Å². The lowest BCUT2D eigenvalue weighted by molar-refractivity contribution is 1.34. The van der Waals surface area contributed by atoms with Gasteiger partial charge in [-0.15, -0.1) is 11.3 Å². The van der Waals surface area contributed by atoms with Crippen molar-refractivity contribution in [3.8, 4) is 0 Å². The Morgan fingerprint density at radius 3 is 2.50 bits per heavy atom. The molecule has 0 aromatic carbocycles. The quantitative estimate of drug-likeness (QED) is 0.487. The van der Waals surface area contributed by atoms with E-state index in [4.69, 9.17) is 13.6 Å². The van der Waals surface area contributed by atoms with Gasteiger partial charge in [-0.05, 0) is 6.92 Å². The Labute approximate surface area is 53.1 Å². The third-order valence-electron chi connectivity index (χ3n) is 0.788. The summed E-state index contributed by atoms with van der Waals surface area (Å²) in [5, 5.41) is 1.53. The summed E-state index contributed by atoms with van der Waals surface area (Å²) >= 11 is 1.41. The molecule has 0 aliphatic heterocycles. The lowest BCUT2D eigenvalue weighted by atomic mass is 10.1. The van der Waals surface area contributed by atoms with E-state index in [-0.39, 0.29) is 0 Å². The Bertz CT molecular complexity index is 176. The lowest BCUT2D eigenvalue weighted by Crippen LogP contribution is -2.07. The maximum atomic E-state index is 5.37. The SMILES string of the molecule is [B]c1nc(C)sc1N. The summed E-state index contributed by atoms with van der Waals surface area (Å²) in [5.74, 6) is 0. The Morgan fingerprint density at radius 2 is 2.38 bits per heavy atom. The predicted molar refractivity (Wildman–Crippen MR) is 36.7 cm³/mol. The molecule has 2 nitrogen and oxygen atoms in total. The van der Waals surface area contributed by atoms with Crippen LogP contribution in [0.15, 0.2) is 0 Å². The lowest BCUT2D eigenvalue weighted by Gasteiger charge is -1.79. The number of nitrogens with zero attached hydrogens (tertiary/aromatic N) is 1. The first-order valence-corrected chi connectivity index (χ1v) is 3.00. The van der Waals surface area contributed by atoms with Crippen molar-refractivity contribution in [2.75, 3.05) is 5.73 Å². The predicted octanol–water partition coefficient (Wildman–Crippen LogP) is -0.172. The summed E-state index contributed by atoms with van der Waals surface area (Å²) in [6, 6.07) is 0. The monoisotopic (exact) mass is 124 g/mol. The third kappa shape index (κ3) is 0.840. The first kappa shape index (κ1) is 5.63. The molecule has 8 heavy (non-hydrogen) atoms. The van der Waals surface area contributed by atoms with Crippen LogP contribution in [0.5, 0.6) is 0 Å². The highest BCUT2D eigenvalue weighted by Gasteiger charge is 1.96. The molecule has 2 N–H and O–H groups in total. The molecule has 0 fully saturated rings. The van der Waals surface area contributed by atoms with Gasteiger partial charge in [-0.3, -0.25) is 4.98 Å². The second-order valence-electron chi connectivity index (χ2n) is 1.48. The third-order valence-corrected chi connectivity index (χ3v) is 1.60. The van der Waals surface area contributed by atoms with Crippen molar-refractivity contribution < 1.29 is 0 Å². The summed E-state index contributed by atoms with van der Waals surface area (Å²) in [5.41, 5.74) is 5.82. The fraction of sp³-hybridized carbons (Fsp3) is 0.250. The van der Waals surface area contributed by atoms with Gasteiger partial charge in [0.25, 0.3) is 0 Å². The molecular formula is C4H5BN2S. The summed E-state index contributed by atoms with van der Waals surface area (Å²) in [4.78, 5) is 3.88. The zero-order valence-electron chi connectivity index (χ0n) is 4.51. The minimum Gasteiger partial charge on any atom is -0.390 e. The minimum atomic E-state index is 0.451. The Kier molecular flexibility index (Phi) is 1.25. The van der Waals surface area contributed by atoms with Crippen molar-refractivity contribution in [1.82, 2.24) is 4.98 Å². The highest BCUT2D eigenvalue weighted by Crippen LogP contribution is 2.08. The van der Waals surface area contributed by atoms with E-state index in [0.29, 0.717) is 10.6 Å². The molecule has 0 saturated carbocycles. The molecule has 2 radical (unpaired) electrons. The number of anilines is 1. The topological polar surface area (TPSA) is 38.9 Å². The average Bonchev–Trinajstić information content (AvgIpc) is 1.85. The second-order valence-corrected chi connectivity index (χ2v) is 2.72. The molecule has 0 bridgehead atoms. The molecule has 0 spiro atoms. The van der Waals surface area contributed by atoms with Crippen LogP contribution in [0.4, 0.5) is 5.00 Å². The van der Waals surface area contributed by atoms with Gasteiger partial charge >= 0.3 is 0 Å². The highest BCUT2D eigenvalue weighted by molar-refractivity contribution is 7.16. The van der Waals surface area contributed by atoms with E-state index in [2.05, 4.69) is 4.98 Å². The van der Waals surface area contributed by atoms with Gasteiger partial charge in [0.15, 0.2) is 0 Å². The molecule has 1 aromatic rings. The number of thiazole rings is 1. The Hall–Kier alpha value is -0.505. The standard InChI is InChI=1S/C4H5BN2S/c1-2-7-3(5)4(6)8-2/h6H2,1H3. The molecule has 4 heteroatoms. The highest BCUT2D eigenvalue weighted by atomic mass is 32.1. The Balaban J connectivity index is 3.14. The van der Waals surface area contributed by atoms with Crippen LogP contribution in [0, 0.1) is 6.92 Å². The van der Waals surface area contributed by atoms with E-state index in [1.165, 1.54) is 11.3 Å². The summed E-state index contributed by atoms with van der Waals surface area (Å²) in [7, 11) is 5.31. The second kappa shape index (κ2) is 1.78. The normalized spacial score (nSPS) is 9.62. The molecule has 0 unspecified atom stereocenters. The molecular weight excluding hydrogens is 119 g/mol. The summed E-state index contributed by atoms with van der Waals surface area (Å²) in [6.45, 7) is 1.87. The molecule has 0 aliphatic rings. The van der Waals surface area contributed by atoms with Gasteiger partial charge in [0.05, 0.1) is 10.0 Å². The van der Waals surface area contributed by atoms with Crippen LogP contribution >= 0.6 is 11.3 Å². The first-order chi connectivity index (χ1) is 3.70. The van der Waals surface area contributed by atoms with Crippen LogP contribution < -0.4 is 11.3 Å². The van der Waals surface area contributed by atoms with Crippen LogP contribution in [0.3, 0.4) is 0 Å². The van der Waals surface area contributed by atoms with Crippen molar-refractivity contribution >= 4 is 29.8 Å². The molecule has 0 amide bonds. The van der Waals surface area contributed by atoms with E-state index in [1.54, 1.807) is 0 Å². The number of hydrogen-bond donors (Lipinski definition) is 1. The fourth-order valence-electron chi connectivity index (χ4n) is 0.459. The zero-order valence-corrected chi connectivity index (χ0v) is 5.33. The average molecular weight is 124 g/mol. The van der Waals surface area contributed by atoms with Gasteiger partial charge in [-0.1, -0.05) is 0 Å². The van der Waals surface area contributed by atoms with Gasteiger partial charge in [-0.25, -0.2) is 0 Å². The molecule has 1 aromatic heterocycles. The molecule has 40 valence electrons. The first-order valence-electron chi connectivity index (χ1n) is 2.18. The Morgan fingerprint density at radius 1 is 1.75 bits per heavy atom. The van der Waals surface area contributed by atoms with E-state index < -0.39 is 0 Å². The molecule has 0 atom stereocenters. The number of rotatable bonds is 0. The van der Waals surface area contributed by atoms with Crippen LogP contribution in [-0.4, -0.2) is 12.8 Å². The maximum absolute atomic E-state index is 5.37. The number of nitrogens with two attached hydrogens (primary N) is 1. The van der Waals surface area contributed by atoms with Crippen molar-refractivity contribution in [2.24, 2.45) is 0 Å². The van der Waals surface area contributed by atoms with Crippen LogP contribution in [0.25, 0.3) is 0 Å². The molecule has 1 rings (SSSR count). The largest absolute Gasteiger partial charge is 0.390 e. The van der Waals surface area contributed by atoms with Gasteiger partial charge in [0.1, 0.15) is 7.85 Å². The van der Waals surface area contributed by atoms with Crippen molar-refractivity contribution in [3.05, 3.63) is 5.01 Å². The summed E-state index contributed by atoms with van der Waals surface area (Å²) < 4.78 is 0. The summed E-state index contributed by atoms with van der Waals surface area (Å²) in [6.07, 6.45) is 0. The van der Waals surface area contributed by atoms with E-state index >= 15 is 0 Å².